The van der Waals surface area contributed by atoms with Crippen LogP contribution in [-0.4, -0.2) is 30.4 Å². The van der Waals surface area contributed by atoms with Gasteiger partial charge in [-0.15, -0.1) is 12.4 Å². The molecule has 0 bridgehead atoms. The summed E-state index contributed by atoms with van der Waals surface area (Å²) in [5.74, 6) is -0.900. The van der Waals surface area contributed by atoms with Crippen molar-refractivity contribution in [3.8, 4) is 0 Å². The summed E-state index contributed by atoms with van der Waals surface area (Å²) < 4.78 is 0.864. The summed E-state index contributed by atoms with van der Waals surface area (Å²) in [5, 5.41) is 3.08. The van der Waals surface area contributed by atoms with E-state index in [1.165, 1.54) is 0 Å². The second-order valence-electron chi connectivity index (χ2n) is 6.46. The van der Waals surface area contributed by atoms with Crippen LogP contribution in [0.1, 0.15) is 32.1 Å². The summed E-state index contributed by atoms with van der Waals surface area (Å²) in [6, 6.07) is 7.59. The molecule has 1 aliphatic heterocycles. The Bertz CT molecular complexity index is 620. The molecule has 1 heterocycles. The van der Waals surface area contributed by atoms with Gasteiger partial charge in [0.2, 0.25) is 11.8 Å². The van der Waals surface area contributed by atoms with Crippen molar-refractivity contribution in [2.24, 2.45) is 11.7 Å². The number of carbonyl (C=O) groups is 2. The van der Waals surface area contributed by atoms with E-state index in [1.807, 2.05) is 24.3 Å². The monoisotopic (exact) mass is 415 g/mol. The molecule has 24 heavy (non-hydrogen) atoms. The molecular formula is C17H23BrClN3O2. The largest absolute Gasteiger partial charge is 0.349 e. The number of anilines is 1. The SMILES string of the molecule is Cl.NCC1(NC(=O)C2CCN(c3ccccc3Br)C2=O)CCCC1. The summed E-state index contributed by atoms with van der Waals surface area (Å²) in [4.78, 5) is 27.0. The van der Waals surface area contributed by atoms with Crippen molar-refractivity contribution in [3.63, 3.8) is 0 Å². The van der Waals surface area contributed by atoms with E-state index in [9.17, 15) is 9.59 Å². The van der Waals surface area contributed by atoms with Gasteiger partial charge in [-0.2, -0.15) is 0 Å². The van der Waals surface area contributed by atoms with E-state index in [4.69, 9.17) is 5.73 Å². The zero-order valence-electron chi connectivity index (χ0n) is 13.5. The van der Waals surface area contributed by atoms with E-state index >= 15 is 0 Å². The second kappa shape index (κ2) is 7.85. The quantitative estimate of drug-likeness (QED) is 0.741. The number of hydrogen-bond donors (Lipinski definition) is 2. The Hall–Kier alpha value is -1.11. The summed E-state index contributed by atoms with van der Waals surface area (Å²) in [6.07, 6.45) is 4.53. The highest BCUT2D eigenvalue weighted by Crippen LogP contribution is 2.33. The standard InChI is InChI=1S/C17H22BrN3O2.ClH/c18-13-5-1-2-6-14(13)21-10-7-12(16(21)23)15(22)20-17(11-19)8-3-4-9-17;/h1-2,5-6,12H,3-4,7-11,19H2,(H,20,22);1H. The summed E-state index contributed by atoms with van der Waals surface area (Å²) in [6.45, 7) is 1.00. The maximum Gasteiger partial charge on any atom is 0.239 e. The second-order valence-corrected chi connectivity index (χ2v) is 7.32. The predicted octanol–water partition coefficient (Wildman–Crippen LogP) is 2.61. The number of carbonyl (C=O) groups excluding carboxylic acids is 2. The minimum atomic E-state index is -0.605. The van der Waals surface area contributed by atoms with Crippen molar-refractivity contribution >= 4 is 45.8 Å². The first kappa shape index (κ1) is 19.2. The van der Waals surface area contributed by atoms with Gasteiger partial charge >= 0.3 is 0 Å². The first-order valence-corrected chi connectivity index (χ1v) is 8.94. The molecule has 0 spiro atoms. The molecule has 2 aliphatic rings. The van der Waals surface area contributed by atoms with Crippen molar-refractivity contribution in [3.05, 3.63) is 28.7 Å². The predicted molar refractivity (Wildman–Crippen MR) is 100 cm³/mol. The highest BCUT2D eigenvalue weighted by molar-refractivity contribution is 9.10. The Morgan fingerprint density at radius 3 is 2.62 bits per heavy atom. The molecule has 5 nitrogen and oxygen atoms in total. The van der Waals surface area contributed by atoms with Gasteiger partial charge in [0, 0.05) is 17.6 Å². The fourth-order valence-corrected chi connectivity index (χ4v) is 4.11. The van der Waals surface area contributed by atoms with Gasteiger partial charge in [0.15, 0.2) is 0 Å². The molecular weight excluding hydrogens is 394 g/mol. The normalized spacial score (nSPS) is 22.3. The van der Waals surface area contributed by atoms with Gasteiger partial charge in [0.1, 0.15) is 5.92 Å². The molecule has 1 atom stereocenters. The number of nitrogens with zero attached hydrogens (tertiary/aromatic N) is 1. The lowest BCUT2D eigenvalue weighted by molar-refractivity contribution is -0.133. The fraction of sp³-hybridized carbons (Fsp3) is 0.529. The maximum atomic E-state index is 12.7. The van der Waals surface area contributed by atoms with E-state index in [0.29, 0.717) is 19.5 Å². The molecule has 3 N–H and O–H groups in total. The first-order chi connectivity index (χ1) is 11.1. The maximum absolute atomic E-state index is 12.7. The van der Waals surface area contributed by atoms with Crippen LogP contribution in [0.15, 0.2) is 28.7 Å². The minimum absolute atomic E-state index is 0. The Kier molecular flexibility index (Phi) is 6.28. The van der Waals surface area contributed by atoms with Gasteiger partial charge in [0.05, 0.1) is 11.2 Å². The van der Waals surface area contributed by atoms with Gasteiger partial charge in [-0.25, -0.2) is 0 Å². The van der Waals surface area contributed by atoms with Gasteiger partial charge in [-0.3, -0.25) is 9.59 Å². The van der Waals surface area contributed by atoms with Crippen LogP contribution in [-0.2, 0) is 9.59 Å². The molecule has 1 aromatic rings. The topological polar surface area (TPSA) is 75.4 Å². The lowest BCUT2D eigenvalue weighted by atomic mass is 9.96. The lowest BCUT2D eigenvalue weighted by Crippen LogP contribution is -2.54. The van der Waals surface area contributed by atoms with Crippen LogP contribution in [0.5, 0.6) is 0 Å². The van der Waals surface area contributed by atoms with Crippen LogP contribution in [0.2, 0.25) is 0 Å². The molecule has 1 aliphatic carbocycles. The van der Waals surface area contributed by atoms with E-state index in [2.05, 4.69) is 21.2 Å². The van der Waals surface area contributed by atoms with E-state index in [1.54, 1.807) is 4.90 Å². The zero-order chi connectivity index (χ0) is 16.4. The van der Waals surface area contributed by atoms with Crippen LogP contribution >= 0.6 is 28.3 Å². The molecule has 132 valence electrons. The number of nitrogens with one attached hydrogen (secondary N) is 1. The third-order valence-electron chi connectivity index (χ3n) is 5.01. The highest BCUT2D eigenvalue weighted by Gasteiger charge is 2.42. The van der Waals surface area contributed by atoms with E-state index in [0.717, 1.165) is 35.8 Å². The van der Waals surface area contributed by atoms with Gasteiger partial charge in [-0.05, 0) is 47.3 Å². The van der Waals surface area contributed by atoms with Gasteiger partial charge in [0.25, 0.3) is 0 Å². The molecule has 7 heteroatoms. The molecule has 1 aromatic carbocycles. The van der Waals surface area contributed by atoms with Gasteiger partial charge < -0.3 is 16.0 Å². The van der Waals surface area contributed by atoms with Crippen molar-refractivity contribution in [2.75, 3.05) is 18.0 Å². The number of rotatable bonds is 4. The molecule has 1 saturated carbocycles. The average Bonchev–Trinajstić information content (AvgIpc) is 3.15. The number of halogens is 2. The Balaban J connectivity index is 0.00000208. The molecule has 2 fully saturated rings. The summed E-state index contributed by atoms with van der Waals surface area (Å²) in [7, 11) is 0. The molecule has 1 unspecified atom stereocenters. The third-order valence-corrected chi connectivity index (χ3v) is 5.68. The van der Waals surface area contributed by atoms with Crippen LogP contribution in [0, 0.1) is 5.92 Å². The molecule has 0 radical (unpaired) electrons. The van der Waals surface area contributed by atoms with E-state index in [-0.39, 0.29) is 29.8 Å². The Morgan fingerprint density at radius 2 is 2.00 bits per heavy atom. The van der Waals surface area contributed by atoms with Crippen molar-refractivity contribution in [1.29, 1.82) is 0 Å². The average molecular weight is 417 g/mol. The molecule has 3 rings (SSSR count). The number of hydrogen-bond acceptors (Lipinski definition) is 3. The smallest absolute Gasteiger partial charge is 0.239 e. The summed E-state index contributed by atoms with van der Waals surface area (Å²) in [5.41, 5.74) is 6.39. The van der Waals surface area contributed by atoms with Crippen molar-refractivity contribution in [1.82, 2.24) is 5.32 Å². The Labute approximate surface area is 156 Å². The van der Waals surface area contributed by atoms with Crippen LogP contribution in [0.3, 0.4) is 0 Å². The van der Waals surface area contributed by atoms with Crippen molar-refractivity contribution < 1.29 is 9.59 Å². The van der Waals surface area contributed by atoms with Crippen LogP contribution in [0.25, 0.3) is 0 Å². The minimum Gasteiger partial charge on any atom is -0.349 e. The number of nitrogens with two attached hydrogens (primary N) is 1. The Morgan fingerprint density at radius 1 is 1.33 bits per heavy atom. The van der Waals surface area contributed by atoms with Crippen molar-refractivity contribution in [2.45, 2.75) is 37.6 Å². The molecule has 1 saturated heterocycles. The third kappa shape index (κ3) is 3.60. The van der Waals surface area contributed by atoms with Gasteiger partial charge in [-0.1, -0.05) is 25.0 Å². The number of para-hydroxylation sites is 1. The van der Waals surface area contributed by atoms with Crippen LogP contribution in [0.4, 0.5) is 5.69 Å². The molecule has 0 aromatic heterocycles. The number of benzene rings is 1. The fourth-order valence-electron chi connectivity index (χ4n) is 3.61. The highest BCUT2D eigenvalue weighted by atomic mass is 79.9. The zero-order valence-corrected chi connectivity index (χ0v) is 15.9. The lowest BCUT2D eigenvalue weighted by Gasteiger charge is -2.29. The summed E-state index contributed by atoms with van der Waals surface area (Å²) >= 11 is 3.47. The number of amides is 2. The van der Waals surface area contributed by atoms with E-state index < -0.39 is 5.92 Å². The van der Waals surface area contributed by atoms with Crippen LogP contribution < -0.4 is 16.0 Å². The first-order valence-electron chi connectivity index (χ1n) is 8.14. The molecule has 2 amide bonds.